The Labute approximate surface area is 112 Å². The van der Waals surface area contributed by atoms with Crippen molar-refractivity contribution in [2.75, 3.05) is 4.43 Å². The molecule has 1 saturated heterocycles. The van der Waals surface area contributed by atoms with Crippen molar-refractivity contribution in [1.29, 1.82) is 0 Å². The Morgan fingerprint density at radius 1 is 1.19 bits per heavy atom. The van der Waals surface area contributed by atoms with Gasteiger partial charge in [-0.1, -0.05) is 35.9 Å². The third-order valence-corrected chi connectivity index (χ3v) is 4.12. The molecule has 0 aromatic heterocycles. The molecular weight excluding hydrogens is 319 g/mol. The first-order valence-corrected chi connectivity index (χ1v) is 7.77. The second-order valence-electron chi connectivity index (χ2n) is 4.62. The van der Waals surface area contributed by atoms with Gasteiger partial charge < -0.3 is 14.9 Å². The van der Waals surface area contributed by atoms with E-state index < -0.39 is 12.2 Å². The van der Waals surface area contributed by atoms with E-state index in [4.69, 9.17) is 4.74 Å². The van der Waals surface area contributed by atoms with Crippen LogP contribution in [0.25, 0.3) is 0 Å². The SMILES string of the molecule is CCC[C@@H]1CCC[C@@H](O)[C@@H](O)C[C@H](CI)O1. The van der Waals surface area contributed by atoms with E-state index in [2.05, 4.69) is 29.5 Å². The zero-order chi connectivity index (χ0) is 12.0. The monoisotopic (exact) mass is 342 g/mol. The summed E-state index contributed by atoms with van der Waals surface area (Å²) in [5.74, 6) is 0. The average Bonchev–Trinajstić information content (AvgIpc) is 2.32. The third kappa shape index (κ3) is 4.85. The van der Waals surface area contributed by atoms with Crippen LogP contribution < -0.4 is 0 Å². The Hall–Kier alpha value is 0.610. The summed E-state index contributed by atoms with van der Waals surface area (Å²) in [4.78, 5) is 0. The molecule has 0 saturated carbocycles. The summed E-state index contributed by atoms with van der Waals surface area (Å²) in [7, 11) is 0. The molecule has 1 aliphatic rings. The van der Waals surface area contributed by atoms with Crippen molar-refractivity contribution in [3.8, 4) is 0 Å². The second kappa shape index (κ2) is 7.84. The van der Waals surface area contributed by atoms with Crippen LogP contribution >= 0.6 is 22.6 Å². The fraction of sp³-hybridized carbons (Fsp3) is 1.00. The number of ether oxygens (including phenoxy) is 1. The van der Waals surface area contributed by atoms with Gasteiger partial charge in [0, 0.05) is 10.8 Å². The molecule has 0 aromatic rings. The fourth-order valence-electron chi connectivity index (χ4n) is 2.20. The zero-order valence-corrected chi connectivity index (χ0v) is 12.1. The van der Waals surface area contributed by atoms with Crippen LogP contribution in [0.1, 0.15) is 45.4 Å². The molecule has 4 heteroatoms. The Kier molecular flexibility index (Phi) is 7.19. The van der Waals surface area contributed by atoms with Crippen molar-refractivity contribution in [2.24, 2.45) is 0 Å². The Morgan fingerprint density at radius 3 is 2.56 bits per heavy atom. The highest BCUT2D eigenvalue weighted by molar-refractivity contribution is 14.1. The molecular formula is C12H23IO3. The normalized spacial score (nSPS) is 37.5. The van der Waals surface area contributed by atoms with Crippen LogP contribution in [-0.2, 0) is 4.74 Å². The lowest BCUT2D eigenvalue weighted by molar-refractivity contribution is -0.0444. The van der Waals surface area contributed by atoms with Crippen LogP contribution in [0.15, 0.2) is 0 Å². The van der Waals surface area contributed by atoms with Crippen molar-refractivity contribution in [2.45, 2.75) is 69.9 Å². The highest BCUT2D eigenvalue weighted by Crippen LogP contribution is 2.22. The molecule has 0 aromatic carbocycles. The summed E-state index contributed by atoms with van der Waals surface area (Å²) in [5.41, 5.74) is 0. The number of hydrogen-bond acceptors (Lipinski definition) is 3. The van der Waals surface area contributed by atoms with E-state index >= 15 is 0 Å². The van der Waals surface area contributed by atoms with Gasteiger partial charge in [0.2, 0.25) is 0 Å². The lowest BCUT2D eigenvalue weighted by atomic mass is 10.0. The summed E-state index contributed by atoms with van der Waals surface area (Å²) >= 11 is 2.29. The van der Waals surface area contributed by atoms with E-state index in [0.717, 1.165) is 30.1 Å². The van der Waals surface area contributed by atoms with Crippen molar-refractivity contribution in [3.63, 3.8) is 0 Å². The molecule has 2 N–H and O–H groups in total. The summed E-state index contributed by atoms with van der Waals surface area (Å²) < 4.78 is 6.88. The summed E-state index contributed by atoms with van der Waals surface area (Å²) in [6, 6.07) is 0. The summed E-state index contributed by atoms with van der Waals surface area (Å²) in [6.45, 7) is 2.17. The Morgan fingerprint density at radius 2 is 1.94 bits per heavy atom. The maximum Gasteiger partial charge on any atom is 0.0824 e. The van der Waals surface area contributed by atoms with Crippen LogP contribution in [-0.4, -0.2) is 39.1 Å². The molecule has 1 aliphatic heterocycles. The number of halogens is 1. The van der Waals surface area contributed by atoms with Gasteiger partial charge in [0.05, 0.1) is 24.4 Å². The number of rotatable bonds is 3. The van der Waals surface area contributed by atoms with E-state index in [0.29, 0.717) is 18.9 Å². The van der Waals surface area contributed by atoms with Crippen LogP contribution in [0, 0.1) is 0 Å². The number of aliphatic hydroxyl groups is 2. The minimum atomic E-state index is -0.625. The molecule has 1 heterocycles. The first-order chi connectivity index (χ1) is 7.67. The van der Waals surface area contributed by atoms with Gasteiger partial charge in [0.1, 0.15) is 0 Å². The lowest BCUT2D eigenvalue weighted by Crippen LogP contribution is -2.31. The van der Waals surface area contributed by atoms with Crippen LogP contribution in [0.5, 0.6) is 0 Å². The number of hydrogen-bond donors (Lipinski definition) is 2. The Balaban J connectivity index is 2.56. The fourth-order valence-corrected chi connectivity index (χ4v) is 2.77. The minimum Gasteiger partial charge on any atom is -0.390 e. The first kappa shape index (κ1) is 14.7. The van der Waals surface area contributed by atoms with Crippen molar-refractivity contribution in [1.82, 2.24) is 0 Å². The average molecular weight is 342 g/mol. The van der Waals surface area contributed by atoms with E-state index in [9.17, 15) is 10.2 Å². The predicted molar refractivity (Wildman–Crippen MR) is 72.9 cm³/mol. The minimum absolute atomic E-state index is 0.0832. The molecule has 0 bridgehead atoms. The molecule has 0 radical (unpaired) electrons. The number of aliphatic hydroxyl groups excluding tert-OH is 2. The van der Waals surface area contributed by atoms with E-state index in [1.165, 1.54) is 0 Å². The van der Waals surface area contributed by atoms with Gasteiger partial charge in [-0.05, 0) is 25.7 Å². The molecule has 96 valence electrons. The van der Waals surface area contributed by atoms with Crippen molar-refractivity contribution >= 4 is 22.6 Å². The molecule has 0 amide bonds. The van der Waals surface area contributed by atoms with E-state index in [1.807, 2.05) is 0 Å². The summed E-state index contributed by atoms with van der Waals surface area (Å²) in [5, 5.41) is 19.5. The van der Waals surface area contributed by atoms with Gasteiger partial charge in [0.15, 0.2) is 0 Å². The van der Waals surface area contributed by atoms with Gasteiger partial charge in [-0.2, -0.15) is 0 Å². The summed E-state index contributed by atoms with van der Waals surface area (Å²) in [6.07, 6.45) is 4.60. The van der Waals surface area contributed by atoms with Gasteiger partial charge in [-0.15, -0.1) is 0 Å². The molecule has 1 fully saturated rings. The van der Waals surface area contributed by atoms with E-state index in [1.54, 1.807) is 0 Å². The van der Waals surface area contributed by atoms with Gasteiger partial charge in [0.25, 0.3) is 0 Å². The van der Waals surface area contributed by atoms with Gasteiger partial charge in [-0.25, -0.2) is 0 Å². The third-order valence-electron chi connectivity index (χ3n) is 3.14. The van der Waals surface area contributed by atoms with Crippen molar-refractivity contribution < 1.29 is 14.9 Å². The Bertz CT molecular complexity index is 189. The highest BCUT2D eigenvalue weighted by Gasteiger charge is 2.25. The zero-order valence-electron chi connectivity index (χ0n) is 9.94. The molecule has 0 spiro atoms. The molecule has 1 rings (SSSR count). The first-order valence-electron chi connectivity index (χ1n) is 6.24. The van der Waals surface area contributed by atoms with Crippen LogP contribution in [0.2, 0.25) is 0 Å². The molecule has 0 unspecified atom stereocenters. The number of alkyl halides is 1. The standard InChI is InChI=1S/C12H23IO3/c1-2-4-9-5-3-6-11(14)12(15)7-10(8-13)16-9/h9-12,14-15H,2-8H2,1H3/t9-,10-,11-,12+/m1/s1. The predicted octanol–water partition coefficient (Wildman–Crippen LogP) is 2.27. The van der Waals surface area contributed by atoms with Crippen molar-refractivity contribution in [3.05, 3.63) is 0 Å². The van der Waals surface area contributed by atoms with Crippen LogP contribution in [0.4, 0.5) is 0 Å². The quantitative estimate of drug-likeness (QED) is 0.611. The largest absolute Gasteiger partial charge is 0.390 e. The molecule has 4 atom stereocenters. The molecule has 3 nitrogen and oxygen atoms in total. The molecule has 16 heavy (non-hydrogen) atoms. The van der Waals surface area contributed by atoms with Gasteiger partial charge in [-0.3, -0.25) is 0 Å². The van der Waals surface area contributed by atoms with Gasteiger partial charge >= 0.3 is 0 Å². The lowest BCUT2D eigenvalue weighted by Gasteiger charge is -2.24. The topological polar surface area (TPSA) is 49.7 Å². The smallest absolute Gasteiger partial charge is 0.0824 e. The highest BCUT2D eigenvalue weighted by atomic mass is 127. The molecule has 0 aliphatic carbocycles. The van der Waals surface area contributed by atoms with E-state index in [-0.39, 0.29) is 6.10 Å². The maximum atomic E-state index is 9.79. The van der Waals surface area contributed by atoms with Crippen LogP contribution in [0.3, 0.4) is 0 Å². The second-order valence-corrected chi connectivity index (χ2v) is 5.51. The maximum absolute atomic E-state index is 9.79.